The van der Waals surface area contributed by atoms with E-state index in [1.807, 2.05) is 0 Å². The van der Waals surface area contributed by atoms with Crippen molar-refractivity contribution in [2.75, 3.05) is 5.75 Å². The summed E-state index contributed by atoms with van der Waals surface area (Å²) in [5, 5.41) is 8.35. The average Bonchev–Trinajstić information content (AvgIpc) is 1.21. The second-order valence-corrected chi connectivity index (χ2v) is 3.09. The molecule has 51 valence electrons. The second kappa shape index (κ2) is 4.31. The molecule has 0 aromatic heterocycles. The first-order valence-electron chi connectivity index (χ1n) is 2.05. The summed E-state index contributed by atoms with van der Waals surface area (Å²) < 4.78 is 27.7. The minimum atomic E-state index is -3.97. The van der Waals surface area contributed by atoms with Gasteiger partial charge in [0.25, 0.3) is 10.1 Å². The number of hydrogen-bond donors (Lipinski definition) is 2. The average molecular weight is 147 g/mol. The van der Waals surface area contributed by atoms with Crippen LogP contribution in [0.4, 0.5) is 0 Å². The zero-order chi connectivity index (χ0) is 6.78. The fourth-order valence-corrected chi connectivity index (χ4v) is 0.914. The van der Waals surface area contributed by atoms with E-state index in [4.69, 9.17) is 9.66 Å². The van der Waals surface area contributed by atoms with Crippen LogP contribution in [0.2, 0.25) is 0 Å². The summed E-state index contributed by atoms with van der Waals surface area (Å²) in [6.45, 7) is 1.29. The predicted octanol–water partition coefficient (Wildman–Crippen LogP) is -1.13. The van der Waals surface area contributed by atoms with E-state index in [0.29, 0.717) is 0 Å². The van der Waals surface area contributed by atoms with Crippen molar-refractivity contribution in [3.8, 4) is 0 Å². The molecule has 1 radical (unpaired) electrons. The molecule has 4 nitrogen and oxygen atoms in total. The van der Waals surface area contributed by atoms with Gasteiger partial charge in [0.15, 0.2) is 0 Å². The van der Waals surface area contributed by atoms with Crippen molar-refractivity contribution >= 4 is 29.0 Å². The van der Waals surface area contributed by atoms with E-state index >= 15 is 0 Å². The molecule has 2 N–H and O–H groups in total. The Hall–Kier alpha value is 0.467. The van der Waals surface area contributed by atoms with Crippen LogP contribution in [0.25, 0.3) is 0 Å². The van der Waals surface area contributed by atoms with Crippen LogP contribution >= 0.6 is 0 Å². The zero-order valence-electron chi connectivity index (χ0n) is 5.40. The third kappa shape index (κ3) is 11.8. The Kier molecular flexibility index (Phi) is 5.83. The van der Waals surface area contributed by atoms with E-state index in [0.717, 1.165) is 0 Å². The molecule has 0 aliphatic carbocycles. The minimum Gasteiger partial charge on any atom is -0.392 e. The first-order chi connectivity index (χ1) is 3.42. The Labute approximate surface area is 66.2 Å². The second-order valence-electron chi connectivity index (χ2n) is 1.60. The molecule has 0 heterocycles. The van der Waals surface area contributed by atoms with Gasteiger partial charge in [-0.25, -0.2) is 0 Å². The van der Waals surface area contributed by atoms with E-state index in [1.54, 1.807) is 0 Å². The minimum absolute atomic E-state index is 0. The summed E-state index contributed by atoms with van der Waals surface area (Å²) in [7, 11) is -3.97. The van der Waals surface area contributed by atoms with Crippen molar-refractivity contribution in [3.63, 3.8) is 0 Å². The molecule has 1 atom stereocenters. The molecule has 0 aliphatic heterocycles. The SMILES string of the molecule is CC(O)CS(=O)(=O)O.[Li]. The van der Waals surface area contributed by atoms with Gasteiger partial charge in [-0.2, -0.15) is 8.42 Å². The van der Waals surface area contributed by atoms with Crippen LogP contribution in [0.5, 0.6) is 0 Å². The summed E-state index contributed by atoms with van der Waals surface area (Å²) in [5.41, 5.74) is 0. The van der Waals surface area contributed by atoms with Crippen molar-refractivity contribution < 1.29 is 18.1 Å². The molecule has 0 rings (SSSR count). The van der Waals surface area contributed by atoms with E-state index < -0.39 is 22.0 Å². The molecule has 0 aromatic rings. The molecule has 0 spiro atoms. The van der Waals surface area contributed by atoms with Crippen LogP contribution in [-0.4, -0.2) is 48.8 Å². The predicted molar refractivity (Wildman–Crippen MR) is 33.9 cm³/mol. The van der Waals surface area contributed by atoms with Crippen molar-refractivity contribution in [2.45, 2.75) is 13.0 Å². The fourth-order valence-electron chi connectivity index (χ4n) is 0.305. The molecule has 0 amide bonds. The molecular weight excluding hydrogens is 139 g/mol. The first kappa shape index (κ1) is 12.2. The van der Waals surface area contributed by atoms with E-state index in [2.05, 4.69) is 0 Å². The third-order valence-electron chi connectivity index (χ3n) is 0.452. The Morgan fingerprint density at radius 2 is 1.89 bits per heavy atom. The molecule has 1 unspecified atom stereocenters. The zero-order valence-corrected chi connectivity index (χ0v) is 6.22. The van der Waals surface area contributed by atoms with Crippen molar-refractivity contribution in [3.05, 3.63) is 0 Å². The Bertz CT molecular complexity index is 149. The van der Waals surface area contributed by atoms with Gasteiger partial charge in [-0.05, 0) is 6.92 Å². The van der Waals surface area contributed by atoms with Gasteiger partial charge in [-0.1, -0.05) is 0 Å². The monoisotopic (exact) mass is 147 g/mol. The summed E-state index contributed by atoms with van der Waals surface area (Å²) >= 11 is 0. The molecule has 6 heteroatoms. The molecule has 0 bridgehead atoms. The molecule has 9 heavy (non-hydrogen) atoms. The van der Waals surface area contributed by atoms with Gasteiger partial charge in [0, 0.05) is 18.9 Å². The van der Waals surface area contributed by atoms with Gasteiger partial charge in [-0.15, -0.1) is 0 Å². The topological polar surface area (TPSA) is 74.6 Å². The summed E-state index contributed by atoms with van der Waals surface area (Å²) in [4.78, 5) is 0. The molecule has 0 aromatic carbocycles. The van der Waals surface area contributed by atoms with E-state index in [1.165, 1.54) is 6.92 Å². The normalized spacial score (nSPS) is 14.1. The third-order valence-corrected chi connectivity index (χ3v) is 1.36. The molecular formula is C3H8LiO4S. The number of aliphatic hydroxyl groups excluding tert-OH is 1. The fraction of sp³-hybridized carbons (Fsp3) is 1.00. The molecule has 0 saturated heterocycles. The Morgan fingerprint density at radius 1 is 1.56 bits per heavy atom. The first-order valence-corrected chi connectivity index (χ1v) is 3.66. The van der Waals surface area contributed by atoms with Gasteiger partial charge in [-0.3, -0.25) is 4.55 Å². The summed E-state index contributed by atoms with van der Waals surface area (Å²) in [5.74, 6) is -0.590. The number of aliphatic hydroxyl groups is 1. The van der Waals surface area contributed by atoms with E-state index in [-0.39, 0.29) is 18.9 Å². The number of hydrogen-bond acceptors (Lipinski definition) is 3. The quantitative estimate of drug-likeness (QED) is 0.383. The Balaban J connectivity index is 0. The summed E-state index contributed by atoms with van der Waals surface area (Å²) in [6.07, 6.45) is -0.995. The summed E-state index contributed by atoms with van der Waals surface area (Å²) in [6, 6.07) is 0. The van der Waals surface area contributed by atoms with Gasteiger partial charge >= 0.3 is 0 Å². The van der Waals surface area contributed by atoms with Gasteiger partial charge in [0.2, 0.25) is 0 Å². The van der Waals surface area contributed by atoms with Crippen molar-refractivity contribution in [2.24, 2.45) is 0 Å². The van der Waals surface area contributed by atoms with Gasteiger partial charge in [0.05, 0.1) is 6.10 Å². The molecule has 0 aliphatic rings. The van der Waals surface area contributed by atoms with Crippen LogP contribution in [0.15, 0.2) is 0 Å². The van der Waals surface area contributed by atoms with Crippen LogP contribution < -0.4 is 0 Å². The Morgan fingerprint density at radius 3 is 1.89 bits per heavy atom. The van der Waals surface area contributed by atoms with Gasteiger partial charge in [0.1, 0.15) is 5.75 Å². The molecule has 0 saturated carbocycles. The maximum absolute atomic E-state index is 9.84. The van der Waals surface area contributed by atoms with Crippen LogP contribution in [0.1, 0.15) is 6.92 Å². The van der Waals surface area contributed by atoms with Crippen LogP contribution in [0, 0.1) is 0 Å². The molecule has 0 fully saturated rings. The number of rotatable bonds is 2. The van der Waals surface area contributed by atoms with Crippen LogP contribution in [-0.2, 0) is 10.1 Å². The van der Waals surface area contributed by atoms with Crippen molar-refractivity contribution in [1.29, 1.82) is 0 Å². The maximum atomic E-state index is 9.84. The smallest absolute Gasteiger partial charge is 0.267 e. The van der Waals surface area contributed by atoms with Gasteiger partial charge < -0.3 is 5.11 Å². The maximum Gasteiger partial charge on any atom is 0.267 e. The largest absolute Gasteiger partial charge is 0.392 e. The van der Waals surface area contributed by atoms with Crippen LogP contribution in [0.3, 0.4) is 0 Å². The standard InChI is InChI=1S/C3H8O4S.Li/c1-3(4)2-8(5,6)7;/h3-4H,2H2,1H3,(H,5,6,7);. The van der Waals surface area contributed by atoms with Crippen molar-refractivity contribution in [1.82, 2.24) is 0 Å². The van der Waals surface area contributed by atoms with E-state index in [9.17, 15) is 8.42 Å².